The molecule has 0 aliphatic carbocycles. The predicted molar refractivity (Wildman–Crippen MR) is 43.4 cm³/mol. The summed E-state index contributed by atoms with van der Waals surface area (Å²) in [5.41, 5.74) is 5.26. The molecule has 1 heterocycles. The minimum atomic E-state index is -0.840. The first-order valence-corrected chi connectivity index (χ1v) is 3.76. The fourth-order valence-corrected chi connectivity index (χ4v) is 1.04. The molecule has 0 aromatic heterocycles. The van der Waals surface area contributed by atoms with Gasteiger partial charge in [0, 0.05) is 12.2 Å². The van der Waals surface area contributed by atoms with Gasteiger partial charge < -0.3 is 21.1 Å². The molecule has 0 spiro atoms. The fourth-order valence-electron chi connectivity index (χ4n) is 1.04. The summed E-state index contributed by atoms with van der Waals surface area (Å²) in [5.74, 6) is -0.558. The van der Waals surface area contributed by atoms with Gasteiger partial charge in [0.2, 0.25) is 6.35 Å². The Bertz CT molecular complexity index is 225. The minimum Gasteiger partial charge on any atom is -0.364 e. The zero-order valence-corrected chi connectivity index (χ0v) is 7.11. The lowest BCUT2D eigenvalue weighted by molar-refractivity contribution is -0.115. The summed E-state index contributed by atoms with van der Waals surface area (Å²) in [6, 6.07) is 0.129. The molecule has 0 radical (unpaired) electrons. The number of hydrogen-bond acceptors (Lipinski definition) is 4. The second kappa shape index (κ2) is 3.02. The van der Waals surface area contributed by atoms with E-state index in [1.807, 2.05) is 13.8 Å². The van der Waals surface area contributed by atoms with Crippen molar-refractivity contribution in [3.8, 4) is 0 Å². The summed E-state index contributed by atoms with van der Waals surface area (Å²) in [4.78, 5) is 12.3. The Morgan fingerprint density at radius 1 is 1.83 bits per heavy atom. The van der Waals surface area contributed by atoms with Crippen LogP contribution in [0.1, 0.15) is 13.8 Å². The lowest BCUT2D eigenvalue weighted by Gasteiger charge is -2.24. The number of rotatable bonds is 2. The van der Waals surface area contributed by atoms with Gasteiger partial charge in [-0.25, -0.2) is 0 Å². The van der Waals surface area contributed by atoms with Gasteiger partial charge in [-0.3, -0.25) is 4.79 Å². The third-order valence-electron chi connectivity index (χ3n) is 1.71. The van der Waals surface area contributed by atoms with E-state index in [4.69, 9.17) is 5.73 Å². The maximum absolute atomic E-state index is 10.7. The van der Waals surface area contributed by atoms with Crippen molar-refractivity contribution < 1.29 is 9.90 Å². The number of aliphatic hydroxyl groups excluding tert-OH is 1. The fraction of sp³-hybridized carbons (Fsp3) is 0.571. The van der Waals surface area contributed by atoms with Crippen LogP contribution in [0.2, 0.25) is 0 Å². The number of nitrogens with one attached hydrogen (secondary N) is 1. The van der Waals surface area contributed by atoms with E-state index in [2.05, 4.69) is 5.32 Å². The molecular formula is C7H13N3O2. The first-order chi connectivity index (χ1) is 5.52. The first-order valence-electron chi connectivity index (χ1n) is 3.76. The highest BCUT2D eigenvalue weighted by Crippen LogP contribution is 2.11. The monoisotopic (exact) mass is 171 g/mol. The maximum Gasteiger partial charge on any atom is 0.266 e. The molecule has 68 valence electrons. The number of primary amides is 1. The van der Waals surface area contributed by atoms with E-state index in [0.29, 0.717) is 0 Å². The lowest BCUT2D eigenvalue weighted by atomic mass is 10.3. The van der Waals surface area contributed by atoms with Crippen LogP contribution in [-0.2, 0) is 4.79 Å². The molecule has 1 aliphatic heterocycles. The number of carbonyl (C=O) groups excluding carboxylic acids is 1. The van der Waals surface area contributed by atoms with Crippen LogP contribution in [0.15, 0.2) is 11.9 Å². The third-order valence-corrected chi connectivity index (χ3v) is 1.71. The molecule has 1 rings (SSSR count). The van der Waals surface area contributed by atoms with Crippen molar-refractivity contribution in [2.75, 3.05) is 0 Å². The average molecular weight is 171 g/mol. The number of hydrogen-bond donors (Lipinski definition) is 3. The van der Waals surface area contributed by atoms with Gasteiger partial charge in [0.05, 0.1) is 0 Å². The topological polar surface area (TPSA) is 78.6 Å². The SMILES string of the molecule is CC(C)N1C=C(C(N)=O)NC1O. The standard InChI is InChI=1S/C7H13N3O2/c1-4(2)10-3-5(6(8)11)9-7(10)12/h3-4,7,9,12H,1-2H3,(H2,8,11). The van der Waals surface area contributed by atoms with Crippen molar-refractivity contribution in [1.29, 1.82) is 0 Å². The molecule has 0 bridgehead atoms. The molecule has 1 unspecified atom stereocenters. The highest BCUT2D eigenvalue weighted by atomic mass is 16.3. The van der Waals surface area contributed by atoms with Gasteiger partial charge in [0.15, 0.2) is 0 Å². The van der Waals surface area contributed by atoms with Gasteiger partial charge in [-0.2, -0.15) is 0 Å². The Hall–Kier alpha value is -1.23. The van der Waals surface area contributed by atoms with E-state index < -0.39 is 12.3 Å². The molecule has 1 atom stereocenters. The summed E-state index contributed by atoms with van der Waals surface area (Å²) < 4.78 is 0. The quantitative estimate of drug-likeness (QED) is 0.493. The van der Waals surface area contributed by atoms with Crippen LogP contribution in [0, 0.1) is 0 Å². The normalized spacial score (nSPS) is 22.5. The molecule has 0 aromatic rings. The lowest BCUT2D eigenvalue weighted by Crippen LogP contribution is -2.40. The number of nitrogens with two attached hydrogens (primary N) is 1. The molecule has 1 amide bonds. The minimum absolute atomic E-state index is 0.129. The van der Waals surface area contributed by atoms with Crippen molar-refractivity contribution in [1.82, 2.24) is 10.2 Å². The van der Waals surface area contributed by atoms with Crippen LogP contribution in [0.25, 0.3) is 0 Å². The molecule has 4 N–H and O–H groups in total. The Labute approximate surface area is 70.8 Å². The average Bonchev–Trinajstić information content (AvgIpc) is 2.30. The molecule has 5 nitrogen and oxygen atoms in total. The molecule has 0 saturated heterocycles. The van der Waals surface area contributed by atoms with Crippen molar-refractivity contribution in [3.05, 3.63) is 11.9 Å². The van der Waals surface area contributed by atoms with E-state index >= 15 is 0 Å². The van der Waals surface area contributed by atoms with Crippen LogP contribution < -0.4 is 11.1 Å². The summed E-state index contributed by atoms with van der Waals surface area (Å²) in [7, 11) is 0. The second-order valence-corrected chi connectivity index (χ2v) is 2.97. The molecule has 0 fully saturated rings. The summed E-state index contributed by atoms with van der Waals surface area (Å²) in [6.45, 7) is 3.82. The summed E-state index contributed by atoms with van der Waals surface area (Å²) in [6.07, 6.45) is 0.685. The van der Waals surface area contributed by atoms with Gasteiger partial charge in [-0.05, 0) is 13.8 Å². The number of nitrogens with zero attached hydrogens (tertiary/aromatic N) is 1. The Morgan fingerprint density at radius 3 is 2.67 bits per heavy atom. The zero-order chi connectivity index (χ0) is 9.30. The maximum atomic E-state index is 10.7. The van der Waals surface area contributed by atoms with E-state index in [9.17, 15) is 9.90 Å². The molecular weight excluding hydrogens is 158 g/mol. The van der Waals surface area contributed by atoms with Crippen LogP contribution in [0.3, 0.4) is 0 Å². The van der Waals surface area contributed by atoms with Crippen LogP contribution in [-0.4, -0.2) is 28.3 Å². The molecule has 0 aromatic carbocycles. The smallest absolute Gasteiger partial charge is 0.266 e. The van der Waals surface area contributed by atoms with Gasteiger partial charge in [0.1, 0.15) is 5.70 Å². The Morgan fingerprint density at radius 2 is 2.42 bits per heavy atom. The Balaban J connectivity index is 2.73. The van der Waals surface area contributed by atoms with Gasteiger partial charge in [-0.15, -0.1) is 0 Å². The predicted octanol–water partition coefficient (Wildman–Crippen LogP) is -1.10. The zero-order valence-electron chi connectivity index (χ0n) is 7.11. The van der Waals surface area contributed by atoms with Gasteiger partial charge >= 0.3 is 0 Å². The van der Waals surface area contributed by atoms with E-state index in [0.717, 1.165) is 0 Å². The summed E-state index contributed by atoms with van der Waals surface area (Å²) >= 11 is 0. The van der Waals surface area contributed by atoms with Crippen molar-refractivity contribution in [2.24, 2.45) is 5.73 Å². The molecule has 12 heavy (non-hydrogen) atoms. The van der Waals surface area contributed by atoms with Crippen molar-refractivity contribution in [3.63, 3.8) is 0 Å². The molecule has 1 aliphatic rings. The van der Waals surface area contributed by atoms with E-state index in [-0.39, 0.29) is 11.7 Å². The second-order valence-electron chi connectivity index (χ2n) is 2.97. The van der Waals surface area contributed by atoms with E-state index in [1.54, 1.807) is 4.90 Å². The summed E-state index contributed by atoms with van der Waals surface area (Å²) in [5, 5.41) is 11.9. The molecule has 5 heteroatoms. The number of amides is 1. The number of aliphatic hydroxyl groups is 1. The number of carbonyl (C=O) groups is 1. The largest absolute Gasteiger partial charge is 0.364 e. The van der Waals surface area contributed by atoms with Crippen LogP contribution in [0.4, 0.5) is 0 Å². The van der Waals surface area contributed by atoms with E-state index in [1.165, 1.54) is 6.20 Å². The molecule has 0 saturated carbocycles. The van der Waals surface area contributed by atoms with Crippen molar-refractivity contribution in [2.45, 2.75) is 26.2 Å². The Kier molecular flexibility index (Phi) is 2.23. The highest BCUT2D eigenvalue weighted by molar-refractivity contribution is 5.91. The van der Waals surface area contributed by atoms with Crippen molar-refractivity contribution >= 4 is 5.91 Å². The first kappa shape index (κ1) is 8.86. The third kappa shape index (κ3) is 1.50. The van der Waals surface area contributed by atoms with Crippen LogP contribution >= 0.6 is 0 Å². The van der Waals surface area contributed by atoms with Gasteiger partial charge in [-0.1, -0.05) is 0 Å². The van der Waals surface area contributed by atoms with Crippen LogP contribution in [0.5, 0.6) is 0 Å². The highest BCUT2D eigenvalue weighted by Gasteiger charge is 2.25. The van der Waals surface area contributed by atoms with Gasteiger partial charge in [0.25, 0.3) is 5.91 Å².